The number of benzene rings is 2. The van der Waals surface area contributed by atoms with E-state index >= 15 is 0 Å². The number of benzodiazepines with no additional fused rings is 1. The summed E-state index contributed by atoms with van der Waals surface area (Å²) < 4.78 is 44.7. The number of carbonyl (C=O) groups is 2. The second-order valence-electron chi connectivity index (χ2n) is 9.40. The van der Waals surface area contributed by atoms with Crippen molar-refractivity contribution in [3.8, 4) is 17.1 Å². The van der Waals surface area contributed by atoms with Crippen molar-refractivity contribution < 1.29 is 22.8 Å². The van der Waals surface area contributed by atoms with Crippen LogP contribution in [0.4, 0.5) is 15.9 Å². The normalized spacial score (nSPS) is 19.3. The number of aliphatic imine (C=N–C) groups is 1. The molecule has 4 aromatic rings. The number of amides is 2. The van der Waals surface area contributed by atoms with Gasteiger partial charge in [0, 0.05) is 46.9 Å². The number of nitrogens with zero attached hydrogens (tertiary/aromatic N) is 4. The van der Waals surface area contributed by atoms with Gasteiger partial charge in [0.2, 0.25) is 12.0 Å². The van der Waals surface area contributed by atoms with Crippen LogP contribution in [-0.4, -0.2) is 51.5 Å². The number of pyridine rings is 1. The average Bonchev–Trinajstić information content (AvgIpc) is 3.28. The minimum absolute atomic E-state index is 0.0376. The molecule has 202 valence electrons. The average molecular weight is 543 g/mol. The van der Waals surface area contributed by atoms with Crippen molar-refractivity contribution in [3.63, 3.8) is 0 Å². The van der Waals surface area contributed by atoms with Crippen LogP contribution in [0, 0.1) is 5.82 Å². The Balaban J connectivity index is 1.39. The van der Waals surface area contributed by atoms with Gasteiger partial charge >= 0.3 is 0 Å². The van der Waals surface area contributed by atoms with Gasteiger partial charge in [-0.25, -0.2) is 19.0 Å². The Kier molecular flexibility index (Phi) is 5.59. The van der Waals surface area contributed by atoms with E-state index in [-0.39, 0.29) is 34.7 Å². The Morgan fingerprint density at radius 2 is 2.00 bits per heavy atom. The fraction of sp³-hybridized carbons (Fsp3) is 0.207. The van der Waals surface area contributed by atoms with E-state index in [1.165, 1.54) is 24.4 Å². The van der Waals surface area contributed by atoms with E-state index in [1.54, 1.807) is 41.1 Å². The number of nitrogens with one attached hydrogen (secondary N) is 3. The molecule has 3 N–H and O–H groups in total. The molecule has 0 saturated heterocycles. The molecule has 0 radical (unpaired) electrons. The minimum atomic E-state index is -2.43. The molecule has 0 spiro atoms. The van der Waals surface area contributed by atoms with Gasteiger partial charge in [0.05, 0.1) is 17.5 Å². The van der Waals surface area contributed by atoms with Gasteiger partial charge in [0.1, 0.15) is 22.9 Å². The summed E-state index contributed by atoms with van der Waals surface area (Å²) in [5, 5.41) is 12.2. The maximum Gasteiger partial charge on any atom is 0.269 e. The summed E-state index contributed by atoms with van der Waals surface area (Å²) in [6, 6.07) is 16.4. The van der Waals surface area contributed by atoms with Crippen molar-refractivity contribution in [1.82, 2.24) is 20.1 Å². The highest BCUT2D eigenvalue weighted by molar-refractivity contribution is 6.20. The van der Waals surface area contributed by atoms with Gasteiger partial charge < -0.3 is 20.7 Å². The number of aromatic nitrogens is 3. The molecular formula is C29H26FN7O3. The van der Waals surface area contributed by atoms with Crippen LogP contribution in [0.1, 0.15) is 38.9 Å². The molecule has 2 amide bonds. The Morgan fingerprint density at radius 1 is 1.15 bits per heavy atom. The quantitative estimate of drug-likeness (QED) is 0.352. The highest BCUT2D eigenvalue weighted by atomic mass is 19.1. The molecule has 40 heavy (non-hydrogen) atoms. The predicted molar refractivity (Wildman–Crippen MR) is 148 cm³/mol. The molecule has 11 heteroatoms. The van der Waals surface area contributed by atoms with E-state index in [0.717, 1.165) is 0 Å². The maximum absolute atomic E-state index is 14.9. The molecule has 10 nitrogen and oxygen atoms in total. The third kappa shape index (κ3) is 4.55. The van der Waals surface area contributed by atoms with Crippen LogP contribution in [0.2, 0.25) is 0 Å². The SMILES string of the molecule is [2H]C([2H])([2H])Nc1ccc(-c2nn3c(c2C(=O)N[C@H]2N=C(c4ccccc4)c4cccc(F)c4NC2=O)O[C@H](C)CC3)cn1. The van der Waals surface area contributed by atoms with Crippen molar-refractivity contribution in [2.75, 3.05) is 17.6 Å². The van der Waals surface area contributed by atoms with E-state index in [4.69, 9.17) is 8.85 Å². The summed E-state index contributed by atoms with van der Waals surface area (Å²) in [7, 11) is 0. The Hall–Kier alpha value is -5.06. The summed E-state index contributed by atoms with van der Waals surface area (Å²) in [6.45, 7) is -0.0780. The van der Waals surface area contributed by atoms with E-state index in [1.807, 2.05) is 13.0 Å². The zero-order valence-electron chi connectivity index (χ0n) is 24.3. The lowest BCUT2D eigenvalue weighted by molar-refractivity contribution is -0.117. The lowest BCUT2D eigenvalue weighted by atomic mass is 10.0. The summed E-state index contributed by atoms with van der Waals surface area (Å²) in [6.07, 6.45) is 0.428. The summed E-state index contributed by atoms with van der Waals surface area (Å²) in [5.41, 5.74) is 1.99. The van der Waals surface area contributed by atoms with Crippen LogP contribution < -0.4 is 20.7 Å². The number of hydrogen-bond acceptors (Lipinski definition) is 7. The molecule has 0 unspecified atom stereocenters. The fourth-order valence-corrected chi connectivity index (χ4v) is 4.70. The number of anilines is 2. The van der Waals surface area contributed by atoms with Gasteiger partial charge in [-0.2, -0.15) is 5.10 Å². The molecule has 2 aromatic heterocycles. The number of halogens is 1. The van der Waals surface area contributed by atoms with E-state index in [0.29, 0.717) is 35.4 Å². The van der Waals surface area contributed by atoms with Gasteiger partial charge in [-0.1, -0.05) is 42.5 Å². The van der Waals surface area contributed by atoms with Crippen molar-refractivity contribution >= 4 is 29.0 Å². The van der Waals surface area contributed by atoms with Crippen molar-refractivity contribution in [3.05, 3.63) is 89.4 Å². The molecule has 0 aliphatic carbocycles. The van der Waals surface area contributed by atoms with Crippen molar-refractivity contribution in [1.29, 1.82) is 0 Å². The zero-order chi connectivity index (χ0) is 30.3. The highest BCUT2D eigenvalue weighted by Crippen LogP contribution is 2.34. The van der Waals surface area contributed by atoms with Gasteiger partial charge in [-0.05, 0) is 25.1 Å². The first-order valence-electron chi connectivity index (χ1n) is 14.1. The minimum Gasteiger partial charge on any atom is -0.474 e. The van der Waals surface area contributed by atoms with E-state index in [9.17, 15) is 14.0 Å². The second-order valence-corrected chi connectivity index (χ2v) is 9.40. The number of para-hydroxylation sites is 1. The van der Waals surface area contributed by atoms with Crippen LogP contribution in [0.15, 0.2) is 71.9 Å². The van der Waals surface area contributed by atoms with Gasteiger partial charge in [0.15, 0.2) is 0 Å². The lowest BCUT2D eigenvalue weighted by Gasteiger charge is -2.22. The standard InChI is InChI=1S/C29H26FN7O3/c1-16-13-14-37-29(40-16)22(24(36-37)18-11-12-21(31-2)32-15-18)27(38)35-26-28(39)34-25-19(9-6-10-20(25)30)23(33-26)17-7-4-3-5-8-17/h3-12,15-16,26H,13-14H2,1-2H3,(H,31,32)(H,34,39)(H,35,38)/t16-,26-/m1/s1/i2D3. The molecule has 0 fully saturated rings. The number of rotatable bonds is 5. The molecular weight excluding hydrogens is 513 g/mol. The number of ether oxygens (including phenoxy) is 1. The molecule has 4 heterocycles. The first-order chi connectivity index (χ1) is 20.6. The summed E-state index contributed by atoms with van der Waals surface area (Å²) in [5.74, 6) is -1.73. The Labute approximate surface area is 233 Å². The molecule has 0 saturated carbocycles. The molecule has 6 rings (SSSR count). The molecule has 2 aromatic carbocycles. The van der Waals surface area contributed by atoms with Crippen LogP contribution in [0.3, 0.4) is 0 Å². The lowest BCUT2D eigenvalue weighted by Crippen LogP contribution is -2.42. The predicted octanol–water partition coefficient (Wildman–Crippen LogP) is 3.84. The Bertz CT molecular complexity index is 1740. The smallest absolute Gasteiger partial charge is 0.269 e. The van der Waals surface area contributed by atoms with Crippen molar-refractivity contribution in [2.24, 2.45) is 4.99 Å². The summed E-state index contributed by atoms with van der Waals surface area (Å²) in [4.78, 5) is 36.1. The maximum atomic E-state index is 14.9. The van der Waals surface area contributed by atoms with Crippen LogP contribution >= 0.6 is 0 Å². The highest BCUT2D eigenvalue weighted by Gasteiger charge is 2.34. The second kappa shape index (κ2) is 10.3. The monoisotopic (exact) mass is 542 g/mol. The van der Waals surface area contributed by atoms with Crippen LogP contribution in [0.5, 0.6) is 5.88 Å². The molecule has 2 atom stereocenters. The third-order valence-electron chi connectivity index (χ3n) is 6.70. The third-order valence-corrected chi connectivity index (χ3v) is 6.70. The molecule has 0 bridgehead atoms. The first-order valence-corrected chi connectivity index (χ1v) is 12.6. The van der Waals surface area contributed by atoms with Gasteiger partial charge in [0.25, 0.3) is 11.8 Å². The topological polar surface area (TPSA) is 123 Å². The number of aryl methyl sites for hydroxylation is 1. The molecule has 2 aliphatic rings. The van der Waals surface area contributed by atoms with Gasteiger partial charge in [-0.3, -0.25) is 9.59 Å². The van der Waals surface area contributed by atoms with Gasteiger partial charge in [-0.15, -0.1) is 0 Å². The number of hydrogen-bond donors (Lipinski definition) is 3. The number of fused-ring (bicyclic) bond motifs is 2. The van der Waals surface area contributed by atoms with E-state index in [2.05, 4.69) is 31.0 Å². The van der Waals surface area contributed by atoms with Crippen LogP contribution in [0.25, 0.3) is 11.3 Å². The number of carbonyl (C=O) groups excluding carboxylic acids is 2. The van der Waals surface area contributed by atoms with E-state index < -0.39 is 30.8 Å². The largest absolute Gasteiger partial charge is 0.474 e. The summed E-state index contributed by atoms with van der Waals surface area (Å²) >= 11 is 0. The zero-order valence-corrected chi connectivity index (χ0v) is 21.3. The van der Waals surface area contributed by atoms with Crippen molar-refractivity contribution in [2.45, 2.75) is 32.2 Å². The fourth-order valence-electron chi connectivity index (χ4n) is 4.70. The molecule has 2 aliphatic heterocycles. The van der Waals surface area contributed by atoms with Crippen LogP contribution in [-0.2, 0) is 11.3 Å². The Morgan fingerprint density at radius 3 is 2.77 bits per heavy atom. The first kappa shape index (κ1) is 21.8.